The Bertz CT molecular complexity index is 747. The van der Waals surface area contributed by atoms with E-state index in [-0.39, 0.29) is 24.3 Å². The van der Waals surface area contributed by atoms with Gasteiger partial charge in [0.15, 0.2) is 11.6 Å². The Morgan fingerprint density at radius 2 is 1.96 bits per heavy atom. The van der Waals surface area contributed by atoms with Gasteiger partial charge in [-0.15, -0.1) is 0 Å². The van der Waals surface area contributed by atoms with Gasteiger partial charge in [0.1, 0.15) is 18.3 Å². The van der Waals surface area contributed by atoms with Crippen LogP contribution in [0.4, 0.5) is 14.6 Å². The highest BCUT2D eigenvalue weighted by molar-refractivity contribution is 5.82. The Morgan fingerprint density at radius 1 is 1.24 bits per heavy atom. The molecule has 3 rings (SSSR count). The third-order valence-electron chi connectivity index (χ3n) is 3.72. The highest BCUT2D eigenvalue weighted by Gasteiger charge is 2.14. The van der Waals surface area contributed by atoms with Gasteiger partial charge >= 0.3 is 6.01 Å². The molecule has 1 aliphatic heterocycles. The first kappa shape index (κ1) is 17.2. The summed E-state index contributed by atoms with van der Waals surface area (Å²) in [5, 5.41) is 0. The van der Waals surface area contributed by atoms with Gasteiger partial charge in [0.05, 0.1) is 19.4 Å². The van der Waals surface area contributed by atoms with Crippen molar-refractivity contribution in [2.75, 3.05) is 26.3 Å². The monoisotopic (exact) mass is 348 g/mol. The van der Waals surface area contributed by atoms with Crippen LogP contribution in [-0.4, -0.2) is 47.0 Å². The molecule has 1 aromatic heterocycles. The fraction of sp³-hybridized carbons (Fsp3) is 0.353. The maximum atomic E-state index is 13.9. The minimum absolute atomic E-state index is 0.0132. The Morgan fingerprint density at radius 3 is 2.68 bits per heavy atom. The lowest BCUT2D eigenvalue weighted by molar-refractivity contribution is 0.0678. The second-order valence-electron chi connectivity index (χ2n) is 5.50. The SMILES string of the molecule is C/C(=N\c1nc(OCc2ccc(F)cc2)ncc1F)N1CCOCC1. The van der Waals surface area contributed by atoms with Crippen molar-refractivity contribution in [3.8, 4) is 6.01 Å². The summed E-state index contributed by atoms with van der Waals surface area (Å²) in [4.78, 5) is 14.1. The summed E-state index contributed by atoms with van der Waals surface area (Å²) in [7, 11) is 0. The number of amidine groups is 1. The predicted octanol–water partition coefficient (Wildman–Crippen LogP) is 2.72. The summed E-state index contributed by atoms with van der Waals surface area (Å²) >= 11 is 0. The third-order valence-corrected chi connectivity index (χ3v) is 3.72. The number of hydrogen-bond donors (Lipinski definition) is 0. The Labute approximate surface area is 144 Å². The summed E-state index contributed by atoms with van der Waals surface area (Å²) in [6.07, 6.45) is 1.03. The van der Waals surface area contributed by atoms with Gasteiger partial charge in [-0.05, 0) is 24.6 Å². The van der Waals surface area contributed by atoms with Crippen molar-refractivity contribution in [3.05, 3.63) is 47.7 Å². The number of rotatable bonds is 4. The molecule has 0 aliphatic carbocycles. The van der Waals surface area contributed by atoms with Crippen molar-refractivity contribution in [2.24, 2.45) is 4.99 Å². The van der Waals surface area contributed by atoms with Gasteiger partial charge in [-0.1, -0.05) is 12.1 Å². The van der Waals surface area contributed by atoms with Crippen LogP contribution in [0.15, 0.2) is 35.5 Å². The van der Waals surface area contributed by atoms with E-state index in [0.717, 1.165) is 11.8 Å². The summed E-state index contributed by atoms with van der Waals surface area (Å²) in [6.45, 7) is 4.59. The second kappa shape index (κ2) is 7.98. The highest BCUT2D eigenvalue weighted by atomic mass is 19.1. The van der Waals surface area contributed by atoms with Crippen LogP contribution >= 0.6 is 0 Å². The normalized spacial score (nSPS) is 15.3. The molecule has 6 nitrogen and oxygen atoms in total. The van der Waals surface area contributed by atoms with E-state index in [2.05, 4.69) is 15.0 Å². The summed E-state index contributed by atoms with van der Waals surface area (Å²) in [6, 6.07) is 5.89. The fourth-order valence-corrected chi connectivity index (χ4v) is 2.33. The number of benzene rings is 1. The lowest BCUT2D eigenvalue weighted by atomic mass is 10.2. The Kier molecular flexibility index (Phi) is 5.49. The second-order valence-corrected chi connectivity index (χ2v) is 5.50. The van der Waals surface area contributed by atoms with Crippen LogP contribution < -0.4 is 4.74 Å². The van der Waals surface area contributed by atoms with Gasteiger partial charge in [0, 0.05) is 13.1 Å². The van der Waals surface area contributed by atoms with Crippen molar-refractivity contribution in [1.29, 1.82) is 0 Å². The summed E-state index contributed by atoms with van der Waals surface area (Å²) < 4.78 is 37.5. The van der Waals surface area contributed by atoms with E-state index in [0.29, 0.717) is 32.1 Å². The first-order valence-corrected chi connectivity index (χ1v) is 7.89. The quantitative estimate of drug-likeness (QED) is 0.628. The fourth-order valence-electron chi connectivity index (χ4n) is 2.33. The molecule has 0 unspecified atom stereocenters. The van der Waals surface area contributed by atoms with Gasteiger partial charge in [0.2, 0.25) is 0 Å². The van der Waals surface area contributed by atoms with E-state index in [1.165, 1.54) is 12.1 Å². The molecular weight excluding hydrogens is 330 g/mol. The molecule has 2 aromatic rings. The number of ether oxygens (including phenoxy) is 2. The van der Waals surface area contributed by atoms with Crippen LogP contribution in [0, 0.1) is 11.6 Å². The maximum absolute atomic E-state index is 13.9. The minimum atomic E-state index is -0.623. The van der Waals surface area contributed by atoms with Crippen LogP contribution in [0.25, 0.3) is 0 Å². The highest BCUT2D eigenvalue weighted by Crippen LogP contribution is 2.18. The number of morpholine rings is 1. The zero-order valence-corrected chi connectivity index (χ0v) is 13.8. The Hall–Kier alpha value is -2.61. The van der Waals surface area contributed by atoms with E-state index in [4.69, 9.17) is 9.47 Å². The van der Waals surface area contributed by atoms with E-state index in [1.54, 1.807) is 19.1 Å². The zero-order valence-electron chi connectivity index (χ0n) is 13.8. The van der Waals surface area contributed by atoms with Gasteiger partial charge < -0.3 is 14.4 Å². The van der Waals surface area contributed by atoms with Crippen LogP contribution in [0.1, 0.15) is 12.5 Å². The molecule has 0 atom stereocenters. The molecule has 132 valence electrons. The summed E-state index contributed by atoms with van der Waals surface area (Å²) in [5.74, 6) is -0.364. The lowest BCUT2D eigenvalue weighted by Gasteiger charge is -2.28. The van der Waals surface area contributed by atoms with E-state index in [9.17, 15) is 8.78 Å². The number of hydrogen-bond acceptors (Lipinski definition) is 5. The van der Waals surface area contributed by atoms with Crippen LogP contribution in [0.2, 0.25) is 0 Å². The largest absolute Gasteiger partial charge is 0.459 e. The number of halogens is 2. The van der Waals surface area contributed by atoms with Crippen molar-refractivity contribution in [1.82, 2.24) is 14.9 Å². The van der Waals surface area contributed by atoms with Crippen molar-refractivity contribution in [3.63, 3.8) is 0 Å². The molecule has 1 saturated heterocycles. The lowest BCUT2D eigenvalue weighted by Crippen LogP contribution is -2.39. The van der Waals surface area contributed by atoms with E-state index < -0.39 is 5.82 Å². The third kappa shape index (κ3) is 4.69. The average molecular weight is 348 g/mol. The topological polar surface area (TPSA) is 59.8 Å². The molecule has 0 amide bonds. The molecule has 0 bridgehead atoms. The van der Waals surface area contributed by atoms with Gasteiger partial charge in [-0.3, -0.25) is 0 Å². The molecule has 1 aliphatic rings. The molecule has 25 heavy (non-hydrogen) atoms. The Balaban J connectivity index is 1.70. The molecular formula is C17H18F2N4O2. The zero-order chi connectivity index (χ0) is 17.6. The average Bonchev–Trinajstić information content (AvgIpc) is 2.64. The number of aromatic nitrogens is 2. The maximum Gasteiger partial charge on any atom is 0.318 e. The van der Waals surface area contributed by atoms with Gasteiger partial charge in [-0.2, -0.15) is 4.98 Å². The van der Waals surface area contributed by atoms with Crippen LogP contribution in [0.3, 0.4) is 0 Å². The van der Waals surface area contributed by atoms with Gasteiger partial charge in [-0.25, -0.2) is 18.8 Å². The standard InChI is InChI=1S/C17H18F2N4O2/c1-12(23-6-8-24-9-7-23)21-16-15(19)10-20-17(22-16)25-11-13-2-4-14(18)5-3-13/h2-5,10H,6-9,11H2,1H3/b21-12+. The van der Waals surface area contributed by atoms with Crippen molar-refractivity contribution in [2.45, 2.75) is 13.5 Å². The molecule has 2 heterocycles. The van der Waals surface area contributed by atoms with Crippen molar-refractivity contribution < 1.29 is 18.3 Å². The molecule has 8 heteroatoms. The van der Waals surface area contributed by atoms with Crippen molar-refractivity contribution >= 4 is 11.7 Å². The predicted molar refractivity (Wildman–Crippen MR) is 87.9 cm³/mol. The molecule has 1 fully saturated rings. The van der Waals surface area contributed by atoms with E-state index >= 15 is 0 Å². The number of aliphatic imine (C=N–C) groups is 1. The van der Waals surface area contributed by atoms with Crippen LogP contribution in [0.5, 0.6) is 6.01 Å². The first-order chi connectivity index (χ1) is 12.1. The molecule has 0 N–H and O–H groups in total. The molecule has 0 radical (unpaired) electrons. The molecule has 1 aromatic carbocycles. The number of nitrogens with zero attached hydrogens (tertiary/aromatic N) is 4. The minimum Gasteiger partial charge on any atom is -0.459 e. The molecule has 0 spiro atoms. The first-order valence-electron chi connectivity index (χ1n) is 7.89. The van der Waals surface area contributed by atoms with Gasteiger partial charge in [0.25, 0.3) is 0 Å². The van der Waals surface area contributed by atoms with E-state index in [1.807, 2.05) is 4.90 Å². The van der Waals surface area contributed by atoms with Crippen LogP contribution in [-0.2, 0) is 11.3 Å². The summed E-state index contributed by atoms with van der Waals surface area (Å²) in [5.41, 5.74) is 0.754. The smallest absolute Gasteiger partial charge is 0.318 e. The molecule has 0 saturated carbocycles.